The number of nitrogens with one attached hydrogen (secondary N) is 1. The molecule has 4 rings (SSSR count). The van der Waals surface area contributed by atoms with Gasteiger partial charge in [0.1, 0.15) is 11.6 Å². The fourth-order valence-corrected chi connectivity index (χ4v) is 3.78. The van der Waals surface area contributed by atoms with Crippen molar-refractivity contribution in [1.82, 2.24) is 9.97 Å². The van der Waals surface area contributed by atoms with Gasteiger partial charge in [-0.25, -0.2) is 9.37 Å². The molecule has 0 amide bonds. The quantitative estimate of drug-likeness (QED) is 0.493. The van der Waals surface area contributed by atoms with Crippen LogP contribution in [-0.2, 0) is 6.18 Å². The Balaban J connectivity index is 1.74. The fraction of sp³-hybridized carbons (Fsp3) is 0.250. The van der Waals surface area contributed by atoms with Gasteiger partial charge in [0, 0.05) is 31.8 Å². The van der Waals surface area contributed by atoms with Gasteiger partial charge in [0.25, 0.3) is 0 Å². The second-order valence-electron chi connectivity index (χ2n) is 7.86. The molecule has 172 valence electrons. The lowest BCUT2D eigenvalue weighted by Gasteiger charge is -2.34. The summed E-state index contributed by atoms with van der Waals surface area (Å²) in [6.45, 7) is 5.52. The highest BCUT2D eigenvalue weighted by Gasteiger charge is 2.30. The third-order valence-electron chi connectivity index (χ3n) is 5.45. The van der Waals surface area contributed by atoms with Crippen LogP contribution in [0.15, 0.2) is 67.3 Å². The van der Waals surface area contributed by atoms with Crippen LogP contribution in [0.4, 0.5) is 34.8 Å². The number of hydrogen-bond acceptors (Lipinski definition) is 5. The number of benzene rings is 1. The van der Waals surface area contributed by atoms with Crippen molar-refractivity contribution in [1.29, 1.82) is 0 Å². The predicted octanol–water partition coefficient (Wildman–Crippen LogP) is 5.92. The summed E-state index contributed by atoms with van der Waals surface area (Å²) in [4.78, 5) is 12.5. The first-order valence-electron chi connectivity index (χ1n) is 10.5. The van der Waals surface area contributed by atoms with Gasteiger partial charge in [-0.15, -0.1) is 0 Å². The molecular weight excluding hydrogens is 434 g/mol. The Morgan fingerprint density at radius 2 is 1.85 bits per heavy atom. The number of rotatable bonds is 4. The maximum Gasteiger partial charge on any atom is 0.416 e. The van der Waals surface area contributed by atoms with Crippen molar-refractivity contribution < 1.29 is 17.6 Å². The molecule has 33 heavy (non-hydrogen) atoms. The minimum absolute atomic E-state index is 0.366. The highest BCUT2D eigenvalue weighted by Crippen LogP contribution is 2.36. The molecule has 1 aromatic carbocycles. The molecule has 0 atom stereocenters. The maximum atomic E-state index is 13.6. The Kier molecular flexibility index (Phi) is 6.22. The van der Waals surface area contributed by atoms with Gasteiger partial charge < -0.3 is 15.1 Å². The second kappa shape index (κ2) is 9.09. The molecular formula is C24H23F4N5. The molecule has 0 saturated heterocycles. The van der Waals surface area contributed by atoms with Gasteiger partial charge in [-0.05, 0) is 37.1 Å². The van der Waals surface area contributed by atoms with Crippen LogP contribution in [0, 0.1) is 5.82 Å². The zero-order valence-electron chi connectivity index (χ0n) is 18.0. The molecule has 0 radical (unpaired) electrons. The standard InChI is InChI=1S/C24H23F4N5/c1-16(30-20-13-19(25)14-29-15-20)33-11-4-3-10-32(2)22-9-8-21(31-23(22)33)17-6-5-7-18(12-17)24(26,27)28/h5-9,12-15,30H,1,3-4,10-11H2,2H3. The van der Waals surface area contributed by atoms with E-state index in [1.165, 1.54) is 18.3 Å². The average molecular weight is 457 g/mol. The zero-order chi connectivity index (χ0) is 23.6. The van der Waals surface area contributed by atoms with E-state index in [0.29, 0.717) is 35.1 Å². The predicted molar refractivity (Wildman–Crippen MR) is 121 cm³/mol. The molecule has 0 fully saturated rings. The van der Waals surface area contributed by atoms with Crippen LogP contribution in [0.2, 0.25) is 0 Å². The van der Waals surface area contributed by atoms with Crippen LogP contribution >= 0.6 is 0 Å². The zero-order valence-corrected chi connectivity index (χ0v) is 18.0. The molecule has 0 unspecified atom stereocenters. The molecule has 3 heterocycles. The Morgan fingerprint density at radius 1 is 1.06 bits per heavy atom. The highest BCUT2D eigenvalue weighted by atomic mass is 19.4. The molecule has 1 N–H and O–H groups in total. The third-order valence-corrected chi connectivity index (χ3v) is 5.45. The molecule has 9 heteroatoms. The van der Waals surface area contributed by atoms with Crippen LogP contribution in [0.5, 0.6) is 0 Å². The van der Waals surface area contributed by atoms with E-state index in [1.807, 2.05) is 18.0 Å². The summed E-state index contributed by atoms with van der Waals surface area (Å²) >= 11 is 0. The summed E-state index contributed by atoms with van der Waals surface area (Å²) in [6, 6.07) is 9.99. The lowest BCUT2D eigenvalue weighted by molar-refractivity contribution is -0.137. The topological polar surface area (TPSA) is 44.3 Å². The molecule has 5 nitrogen and oxygen atoms in total. The number of fused-ring (bicyclic) bond motifs is 1. The molecule has 0 aliphatic carbocycles. The van der Waals surface area contributed by atoms with E-state index in [-0.39, 0.29) is 0 Å². The summed E-state index contributed by atoms with van der Waals surface area (Å²) in [7, 11) is 1.95. The van der Waals surface area contributed by atoms with Crippen molar-refractivity contribution >= 4 is 17.2 Å². The number of nitrogens with zero attached hydrogens (tertiary/aromatic N) is 4. The van der Waals surface area contributed by atoms with Gasteiger partial charge in [0.15, 0.2) is 5.82 Å². The maximum absolute atomic E-state index is 13.6. The number of pyridine rings is 2. The number of alkyl halides is 3. The van der Waals surface area contributed by atoms with Gasteiger partial charge in [0.05, 0.1) is 35.0 Å². The van der Waals surface area contributed by atoms with Crippen molar-refractivity contribution in [3.63, 3.8) is 0 Å². The molecule has 0 saturated carbocycles. The highest BCUT2D eigenvalue weighted by molar-refractivity contribution is 5.75. The first kappa shape index (κ1) is 22.6. The van der Waals surface area contributed by atoms with Crippen LogP contribution < -0.4 is 15.1 Å². The third kappa shape index (κ3) is 5.08. The van der Waals surface area contributed by atoms with Crippen molar-refractivity contribution in [3.05, 3.63) is 78.6 Å². The summed E-state index contributed by atoms with van der Waals surface area (Å²) in [5.74, 6) is 0.548. The number of halogens is 4. The van der Waals surface area contributed by atoms with E-state index < -0.39 is 17.6 Å². The van der Waals surface area contributed by atoms with Crippen molar-refractivity contribution in [2.45, 2.75) is 19.0 Å². The Hall–Kier alpha value is -3.62. The molecule has 0 bridgehead atoms. The van der Waals surface area contributed by atoms with Gasteiger partial charge in [-0.3, -0.25) is 4.98 Å². The van der Waals surface area contributed by atoms with Crippen LogP contribution in [-0.4, -0.2) is 30.1 Å². The van der Waals surface area contributed by atoms with E-state index in [4.69, 9.17) is 4.98 Å². The lowest BCUT2D eigenvalue weighted by Crippen LogP contribution is -2.33. The molecule has 1 aliphatic heterocycles. The molecule has 2 aromatic heterocycles. The van der Waals surface area contributed by atoms with E-state index >= 15 is 0 Å². The normalized spacial score (nSPS) is 14.3. The SMILES string of the molecule is C=C(Nc1cncc(F)c1)N1CCCCN(C)c2ccc(-c3cccc(C(F)(F)F)c3)nc21. The van der Waals surface area contributed by atoms with E-state index in [0.717, 1.165) is 43.4 Å². The Bertz CT molecular complexity index is 1160. The van der Waals surface area contributed by atoms with Gasteiger partial charge in [-0.2, -0.15) is 13.2 Å². The van der Waals surface area contributed by atoms with Crippen LogP contribution in [0.3, 0.4) is 0 Å². The van der Waals surface area contributed by atoms with E-state index in [1.54, 1.807) is 12.1 Å². The first-order chi connectivity index (χ1) is 15.7. The van der Waals surface area contributed by atoms with Crippen molar-refractivity contribution in [2.75, 3.05) is 35.3 Å². The fourth-order valence-electron chi connectivity index (χ4n) is 3.78. The summed E-state index contributed by atoms with van der Waals surface area (Å²) in [5.41, 5.74) is 1.31. The number of anilines is 3. The van der Waals surface area contributed by atoms with Crippen LogP contribution in [0.1, 0.15) is 18.4 Å². The summed E-state index contributed by atoms with van der Waals surface area (Å²) < 4.78 is 53.3. The van der Waals surface area contributed by atoms with Gasteiger partial charge in [0.2, 0.25) is 0 Å². The average Bonchev–Trinajstić information content (AvgIpc) is 2.77. The molecule has 3 aromatic rings. The first-order valence-corrected chi connectivity index (χ1v) is 10.5. The lowest BCUT2D eigenvalue weighted by atomic mass is 10.1. The minimum atomic E-state index is -4.44. The van der Waals surface area contributed by atoms with Crippen LogP contribution in [0.25, 0.3) is 11.3 Å². The van der Waals surface area contributed by atoms with E-state index in [2.05, 4.69) is 21.8 Å². The largest absolute Gasteiger partial charge is 0.416 e. The van der Waals surface area contributed by atoms with Crippen molar-refractivity contribution in [2.24, 2.45) is 0 Å². The van der Waals surface area contributed by atoms with Crippen molar-refractivity contribution in [3.8, 4) is 11.3 Å². The summed E-state index contributed by atoms with van der Waals surface area (Å²) in [5, 5.41) is 3.07. The molecule has 1 aliphatic rings. The van der Waals surface area contributed by atoms with Gasteiger partial charge >= 0.3 is 6.18 Å². The monoisotopic (exact) mass is 457 g/mol. The number of aromatic nitrogens is 2. The smallest absolute Gasteiger partial charge is 0.372 e. The Morgan fingerprint density at radius 3 is 2.61 bits per heavy atom. The van der Waals surface area contributed by atoms with Gasteiger partial charge in [-0.1, -0.05) is 18.7 Å². The molecule has 0 spiro atoms. The Labute approximate surface area is 189 Å². The van der Waals surface area contributed by atoms with E-state index in [9.17, 15) is 17.6 Å². The minimum Gasteiger partial charge on any atom is -0.372 e. The number of hydrogen-bond donors (Lipinski definition) is 1. The summed E-state index contributed by atoms with van der Waals surface area (Å²) in [6.07, 6.45) is -0.0595. The second-order valence-corrected chi connectivity index (χ2v) is 7.86.